The standard InChI is InChI=1S/C20H24FNO4S/c1-24-17-10-14(11-18(25-2)20(17)26-3)12-19(23)22-8-9-27-13-15-6-4-5-7-16(15)21/h4-7,10-11H,8-9,12-13H2,1-3H3,(H,22,23). The van der Waals surface area contributed by atoms with Crippen molar-refractivity contribution in [2.45, 2.75) is 12.2 Å². The van der Waals surface area contributed by atoms with Gasteiger partial charge in [-0.05, 0) is 29.3 Å². The molecule has 0 heterocycles. The summed E-state index contributed by atoms with van der Waals surface area (Å²) in [6, 6.07) is 10.2. The lowest BCUT2D eigenvalue weighted by atomic mass is 10.1. The van der Waals surface area contributed by atoms with Gasteiger partial charge in [-0.25, -0.2) is 4.39 Å². The molecule has 0 radical (unpaired) electrons. The van der Waals surface area contributed by atoms with Gasteiger partial charge in [0.2, 0.25) is 11.7 Å². The monoisotopic (exact) mass is 393 g/mol. The Labute approximate surface area is 163 Å². The van der Waals surface area contributed by atoms with E-state index in [4.69, 9.17) is 14.2 Å². The number of hydrogen-bond acceptors (Lipinski definition) is 5. The first-order valence-corrected chi connectivity index (χ1v) is 9.61. The largest absolute Gasteiger partial charge is 0.493 e. The van der Waals surface area contributed by atoms with Gasteiger partial charge >= 0.3 is 0 Å². The molecule has 7 heteroatoms. The Morgan fingerprint density at radius 3 is 2.33 bits per heavy atom. The number of halogens is 1. The van der Waals surface area contributed by atoms with E-state index in [9.17, 15) is 9.18 Å². The smallest absolute Gasteiger partial charge is 0.224 e. The normalized spacial score (nSPS) is 10.4. The van der Waals surface area contributed by atoms with Gasteiger partial charge in [0.1, 0.15) is 5.82 Å². The number of methoxy groups -OCH3 is 3. The summed E-state index contributed by atoms with van der Waals surface area (Å²) in [6.45, 7) is 0.516. The third-order valence-electron chi connectivity index (χ3n) is 3.87. The van der Waals surface area contributed by atoms with Gasteiger partial charge in [-0.2, -0.15) is 11.8 Å². The molecule has 0 spiro atoms. The summed E-state index contributed by atoms with van der Waals surface area (Å²) in [4.78, 5) is 12.2. The molecular weight excluding hydrogens is 369 g/mol. The van der Waals surface area contributed by atoms with Crippen molar-refractivity contribution in [3.63, 3.8) is 0 Å². The Hall–Kier alpha value is -2.41. The fourth-order valence-electron chi connectivity index (χ4n) is 2.55. The second kappa shape index (κ2) is 10.7. The molecule has 0 bridgehead atoms. The Kier molecular flexibility index (Phi) is 8.26. The number of carbonyl (C=O) groups excluding carboxylic acids is 1. The molecule has 2 aromatic carbocycles. The van der Waals surface area contributed by atoms with Gasteiger partial charge in [0.25, 0.3) is 0 Å². The summed E-state index contributed by atoms with van der Waals surface area (Å²) in [5.41, 5.74) is 1.44. The molecule has 0 aromatic heterocycles. The van der Waals surface area contributed by atoms with E-state index in [1.165, 1.54) is 27.4 Å². The molecule has 0 unspecified atom stereocenters. The number of rotatable bonds is 10. The van der Waals surface area contributed by atoms with Crippen LogP contribution in [0.15, 0.2) is 36.4 Å². The molecule has 0 aliphatic carbocycles. The van der Waals surface area contributed by atoms with Crippen LogP contribution in [0.2, 0.25) is 0 Å². The van der Waals surface area contributed by atoms with E-state index in [1.54, 1.807) is 36.0 Å². The highest BCUT2D eigenvalue weighted by atomic mass is 32.2. The molecule has 0 aliphatic heterocycles. The van der Waals surface area contributed by atoms with Gasteiger partial charge < -0.3 is 19.5 Å². The van der Waals surface area contributed by atoms with Crippen LogP contribution < -0.4 is 19.5 Å². The molecule has 0 saturated heterocycles. The minimum atomic E-state index is -0.198. The summed E-state index contributed by atoms with van der Waals surface area (Å²) < 4.78 is 29.4. The van der Waals surface area contributed by atoms with Gasteiger partial charge in [-0.3, -0.25) is 4.79 Å². The molecule has 0 fully saturated rings. The van der Waals surface area contributed by atoms with Gasteiger partial charge in [-0.1, -0.05) is 18.2 Å². The zero-order chi connectivity index (χ0) is 19.6. The first kappa shape index (κ1) is 20.9. The lowest BCUT2D eigenvalue weighted by Crippen LogP contribution is -2.27. The number of nitrogens with one attached hydrogen (secondary N) is 1. The van der Waals surface area contributed by atoms with Crippen LogP contribution in [-0.2, 0) is 17.0 Å². The Morgan fingerprint density at radius 2 is 1.74 bits per heavy atom. The van der Waals surface area contributed by atoms with Crippen LogP contribution in [-0.4, -0.2) is 39.5 Å². The van der Waals surface area contributed by atoms with E-state index < -0.39 is 0 Å². The summed E-state index contributed by atoms with van der Waals surface area (Å²) in [7, 11) is 4.60. The molecule has 0 saturated carbocycles. The lowest BCUT2D eigenvalue weighted by molar-refractivity contribution is -0.120. The van der Waals surface area contributed by atoms with E-state index in [0.29, 0.717) is 40.9 Å². The maximum absolute atomic E-state index is 13.5. The SMILES string of the molecule is COc1cc(CC(=O)NCCSCc2ccccc2F)cc(OC)c1OC. The molecule has 27 heavy (non-hydrogen) atoms. The quantitative estimate of drug-likeness (QED) is 0.627. The first-order chi connectivity index (χ1) is 13.1. The van der Waals surface area contributed by atoms with E-state index in [1.807, 2.05) is 6.07 Å². The third-order valence-corrected chi connectivity index (χ3v) is 4.88. The molecular formula is C20H24FNO4S. The zero-order valence-corrected chi connectivity index (χ0v) is 16.5. The van der Waals surface area contributed by atoms with Crippen molar-refractivity contribution in [2.75, 3.05) is 33.6 Å². The summed E-state index contributed by atoms with van der Waals surface area (Å²) in [6.07, 6.45) is 0.203. The Balaban J connectivity index is 1.81. The van der Waals surface area contributed by atoms with E-state index >= 15 is 0 Å². The van der Waals surface area contributed by atoms with Crippen molar-refractivity contribution in [3.05, 3.63) is 53.3 Å². The third kappa shape index (κ3) is 6.06. The van der Waals surface area contributed by atoms with Crippen LogP contribution in [0, 0.1) is 5.82 Å². The van der Waals surface area contributed by atoms with Crippen LogP contribution in [0.3, 0.4) is 0 Å². The summed E-state index contributed by atoms with van der Waals surface area (Å²) >= 11 is 1.57. The molecule has 1 N–H and O–H groups in total. The van der Waals surface area contributed by atoms with Crippen molar-refractivity contribution < 1.29 is 23.4 Å². The number of amides is 1. The maximum Gasteiger partial charge on any atom is 0.224 e. The first-order valence-electron chi connectivity index (χ1n) is 8.45. The van der Waals surface area contributed by atoms with Crippen LogP contribution in [0.5, 0.6) is 17.2 Å². The predicted octanol–water partition coefficient (Wildman–Crippen LogP) is 3.44. The average molecular weight is 393 g/mol. The van der Waals surface area contributed by atoms with Gasteiger partial charge in [0, 0.05) is 18.1 Å². The van der Waals surface area contributed by atoms with Crippen LogP contribution >= 0.6 is 11.8 Å². The average Bonchev–Trinajstić information content (AvgIpc) is 2.68. The van der Waals surface area contributed by atoms with Crippen LogP contribution in [0.4, 0.5) is 4.39 Å². The van der Waals surface area contributed by atoms with Crippen molar-refractivity contribution in [1.82, 2.24) is 5.32 Å². The van der Waals surface area contributed by atoms with Crippen LogP contribution in [0.25, 0.3) is 0 Å². The lowest BCUT2D eigenvalue weighted by Gasteiger charge is -2.14. The maximum atomic E-state index is 13.5. The minimum absolute atomic E-state index is 0.101. The molecule has 0 aliphatic rings. The number of ether oxygens (including phenoxy) is 3. The highest BCUT2D eigenvalue weighted by Crippen LogP contribution is 2.38. The van der Waals surface area contributed by atoms with Crippen molar-refractivity contribution >= 4 is 17.7 Å². The summed E-state index contributed by atoms with van der Waals surface area (Å²) in [5.74, 6) is 2.51. The molecule has 0 atom stereocenters. The number of carbonyl (C=O) groups is 1. The number of hydrogen-bond donors (Lipinski definition) is 1. The second-order valence-electron chi connectivity index (χ2n) is 5.70. The second-order valence-corrected chi connectivity index (χ2v) is 6.81. The zero-order valence-electron chi connectivity index (χ0n) is 15.7. The molecule has 2 aromatic rings. The topological polar surface area (TPSA) is 56.8 Å². The van der Waals surface area contributed by atoms with E-state index in [-0.39, 0.29) is 18.1 Å². The molecule has 1 amide bonds. The summed E-state index contributed by atoms with van der Waals surface area (Å²) in [5, 5.41) is 2.87. The molecule has 146 valence electrons. The Morgan fingerprint density at radius 1 is 1.07 bits per heavy atom. The van der Waals surface area contributed by atoms with Crippen molar-refractivity contribution in [2.24, 2.45) is 0 Å². The van der Waals surface area contributed by atoms with Gasteiger partial charge in [-0.15, -0.1) is 0 Å². The number of benzene rings is 2. The van der Waals surface area contributed by atoms with Crippen LogP contribution in [0.1, 0.15) is 11.1 Å². The van der Waals surface area contributed by atoms with Gasteiger partial charge in [0.15, 0.2) is 11.5 Å². The molecule has 2 rings (SSSR count). The van der Waals surface area contributed by atoms with Crippen molar-refractivity contribution in [3.8, 4) is 17.2 Å². The van der Waals surface area contributed by atoms with Crippen molar-refractivity contribution in [1.29, 1.82) is 0 Å². The highest BCUT2D eigenvalue weighted by molar-refractivity contribution is 7.98. The number of thioether (sulfide) groups is 1. The fraction of sp³-hybridized carbons (Fsp3) is 0.350. The minimum Gasteiger partial charge on any atom is -0.493 e. The predicted molar refractivity (Wildman–Crippen MR) is 105 cm³/mol. The van der Waals surface area contributed by atoms with Gasteiger partial charge in [0.05, 0.1) is 27.8 Å². The fourth-order valence-corrected chi connectivity index (χ4v) is 3.39. The Bertz CT molecular complexity index is 744. The highest BCUT2D eigenvalue weighted by Gasteiger charge is 2.14. The van der Waals surface area contributed by atoms with E-state index in [0.717, 1.165) is 5.56 Å². The molecule has 5 nitrogen and oxygen atoms in total. The van der Waals surface area contributed by atoms with E-state index in [2.05, 4.69) is 5.32 Å².